The topological polar surface area (TPSA) is 80.9 Å². The molecule has 19 heavy (non-hydrogen) atoms. The van der Waals surface area contributed by atoms with E-state index in [1.54, 1.807) is 10.7 Å². The number of hydrogen-bond acceptors (Lipinski definition) is 4. The van der Waals surface area contributed by atoms with Gasteiger partial charge in [-0.15, -0.1) is 5.10 Å². The first-order valence-electron chi connectivity index (χ1n) is 5.86. The van der Waals surface area contributed by atoms with E-state index in [0.29, 0.717) is 30.2 Å². The maximum absolute atomic E-state index is 10.5. The molecule has 0 aliphatic rings. The van der Waals surface area contributed by atoms with Crippen molar-refractivity contribution in [3.63, 3.8) is 0 Å². The van der Waals surface area contributed by atoms with Crippen LogP contribution in [-0.2, 0) is 17.8 Å². The average molecular weight is 281 g/mol. The Labute approximate surface area is 115 Å². The van der Waals surface area contributed by atoms with E-state index < -0.39 is 5.97 Å². The molecule has 0 atom stereocenters. The molecule has 1 N–H and O–H groups in total. The van der Waals surface area contributed by atoms with E-state index in [-0.39, 0.29) is 6.42 Å². The number of hydrogen-bond donors (Lipinski definition) is 1. The van der Waals surface area contributed by atoms with Gasteiger partial charge in [0.1, 0.15) is 0 Å². The highest BCUT2D eigenvalue weighted by molar-refractivity contribution is 6.30. The number of aromatic nitrogens is 4. The summed E-state index contributed by atoms with van der Waals surface area (Å²) in [5, 5.41) is 20.7. The number of carboxylic acid groups (broad SMARTS) is 1. The van der Waals surface area contributed by atoms with Gasteiger partial charge in [0.15, 0.2) is 5.82 Å². The third-order valence-electron chi connectivity index (χ3n) is 2.62. The maximum atomic E-state index is 10.5. The SMILES string of the molecule is O=C(O)CCCn1nnnc1Cc1cccc(Cl)c1. The standard InChI is InChI=1S/C12H13ClN4O2/c13-10-4-1-3-9(7-10)8-11-14-15-16-17(11)6-2-5-12(18)19/h1,3-4,7H,2,5-6,8H2,(H,18,19). The van der Waals surface area contributed by atoms with Crippen molar-refractivity contribution in [2.24, 2.45) is 0 Å². The average Bonchev–Trinajstić information content (AvgIpc) is 2.76. The summed E-state index contributed by atoms with van der Waals surface area (Å²) >= 11 is 5.92. The van der Waals surface area contributed by atoms with E-state index >= 15 is 0 Å². The number of tetrazole rings is 1. The van der Waals surface area contributed by atoms with Gasteiger partial charge in [-0.3, -0.25) is 4.79 Å². The van der Waals surface area contributed by atoms with Crippen LogP contribution in [0.3, 0.4) is 0 Å². The van der Waals surface area contributed by atoms with E-state index in [9.17, 15) is 4.79 Å². The molecule has 100 valence electrons. The number of halogens is 1. The van der Waals surface area contributed by atoms with Crippen LogP contribution in [0, 0.1) is 0 Å². The second-order valence-corrected chi connectivity index (χ2v) is 4.56. The van der Waals surface area contributed by atoms with Crippen molar-refractivity contribution in [3.8, 4) is 0 Å². The van der Waals surface area contributed by atoms with Crippen molar-refractivity contribution >= 4 is 17.6 Å². The van der Waals surface area contributed by atoms with Crippen LogP contribution in [0.25, 0.3) is 0 Å². The minimum Gasteiger partial charge on any atom is -0.481 e. The number of aliphatic carboxylic acids is 1. The number of aryl methyl sites for hydroxylation is 1. The van der Waals surface area contributed by atoms with Gasteiger partial charge < -0.3 is 5.11 Å². The number of carboxylic acids is 1. The van der Waals surface area contributed by atoms with Crippen LogP contribution in [0.4, 0.5) is 0 Å². The summed E-state index contributed by atoms with van der Waals surface area (Å²) in [6, 6.07) is 7.48. The van der Waals surface area contributed by atoms with Crippen LogP contribution in [0.15, 0.2) is 24.3 Å². The van der Waals surface area contributed by atoms with Gasteiger partial charge in [-0.25, -0.2) is 4.68 Å². The Morgan fingerprint density at radius 1 is 1.42 bits per heavy atom. The Balaban J connectivity index is 2.01. The van der Waals surface area contributed by atoms with Crippen molar-refractivity contribution in [2.45, 2.75) is 25.8 Å². The highest BCUT2D eigenvalue weighted by atomic mass is 35.5. The van der Waals surface area contributed by atoms with Gasteiger partial charge in [-0.2, -0.15) is 0 Å². The van der Waals surface area contributed by atoms with Crippen LogP contribution in [-0.4, -0.2) is 31.3 Å². The van der Waals surface area contributed by atoms with Gasteiger partial charge in [0.25, 0.3) is 0 Å². The Morgan fingerprint density at radius 2 is 2.26 bits per heavy atom. The summed E-state index contributed by atoms with van der Waals surface area (Å²) in [6.07, 6.45) is 1.18. The monoisotopic (exact) mass is 280 g/mol. The molecule has 0 fully saturated rings. The zero-order valence-electron chi connectivity index (χ0n) is 10.2. The summed E-state index contributed by atoms with van der Waals surface area (Å²) in [6.45, 7) is 0.495. The third kappa shape index (κ3) is 4.03. The number of nitrogens with zero attached hydrogens (tertiary/aromatic N) is 4. The Hall–Kier alpha value is -1.95. The first-order chi connectivity index (χ1) is 9.15. The first kappa shape index (κ1) is 13.5. The lowest BCUT2D eigenvalue weighted by Crippen LogP contribution is -2.08. The van der Waals surface area contributed by atoms with Crippen molar-refractivity contribution in [1.29, 1.82) is 0 Å². The predicted molar refractivity (Wildman–Crippen MR) is 68.9 cm³/mol. The van der Waals surface area contributed by atoms with Gasteiger partial charge in [0.2, 0.25) is 0 Å². The predicted octanol–water partition coefficient (Wildman–Crippen LogP) is 1.78. The molecule has 0 amide bonds. The summed E-state index contributed by atoms with van der Waals surface area (Å²) in [4.78, 5) is 10.5. The zero-order chi connectivity index (χ0) is 13.7. The molecule has 1 aromatic carbocycles. The molecule has 0 radical (unpaired) electrons. The van der Waals surface area contributed by atoms with Crippen LogP contribution in [0.5, 0.6) is 0 Å². The molecule has 0 bridgehead atoms. The smallest absolute Gasteiger partial charge is 0.303 e. The fourth-order valence-electron chi connectivity index (χ4n) is 1.73. The van der Waals surface area contributed by atoms with Crippen LogP contribution in [0.2, 0.25) is 5.02 Å². The van der Waals surface area contributed by atoms with E-state index in [1.165, 1.54) is 0 Å². The van der Waals surface area contributed by atoms with E-state index in [2.05, 4.69) is 15.5 Å². The molecule has 0 aliphatic heterocycles. The molecule has 1 aromatic heterocycles. The molecule has 0 aliphatic carbocycles. The summed E-state index contributed by atoms with van der Waals surface area (Å²) in [5.41, 5.74) is 1.02. The molecule has 0 saturated carbocycles. The normalized spacial score (nSPS) is 10.6. The van der Waals surface area contributed by atoms with E-state index in [4.69, 9.17) is 16.7 Å². The molecular weight excluding hydrogens is 268 g/mol. The lowest BCUT2D eigenvalue weighted by Gasteiger charge is -2.04. The summed E-state index contributed by atoms with van der Waals surface area (Å²) < 4.78 is 1.63. The lowest BCUT2D eigenvalue weighted by atomic mass is 10.1. The zero-order valence-corrected chi connectivity index (χ0v) is 10.9. The Morgan fingerprint density at radius 3 is 3.00 bits per heavy atom. The molecule has 0 unspecified atom stereocenters. The minimum atomic E-state index is -0.815. The Bertz CT molecular complexity index is 570. The lowest BCUT2D eigenvalue weighted by molar-refractivity contribution is -0.137. The second kappa shape index (κ2) is 6.29. The van der Waals surface area contributed by atoms with E-state index in [1.807, 2.05) is 18.2 Å². The molecule has 7 heteroatoms. The van der Waals surface area contributed by atoms with Crippen molar-refractivity contribution in [2.75, 3.05) is 0 Å². The van der Waals surface area contributed by atoms with Gasteiger partial charge in [0.05, 0.1) is 0 Å². The number of rotatable bonds is 6. The highest BCUT2D eigenvalue weighted by Gasteiger charge is 2.08. The van der Waals surface area contributed by atoms with Gasteiger partial charge >= 0.3 is 5.97 Å². The van der Waals surface area contributed by atoms with Gasteiger partial charge in [0, 0.05) is 24.4 Å². The van der Waals surface area contributed by atoms with Crippen molar-refractivity contribution < 1.29 is 9.90 Å². The molecule has 2 rings (SSSR count). The van der Waals surface area contributed by atoms with Crippen LogP contribution >= 0.6 is 11.6 Å². The number of carbonyl (C=O) groups is 1. The highest BCUT2D eigenvalue weighted by Crippen LogP contribution is 2.13. The summed E-state index contributed by atoms with van der Waals surface area (Å²) in [7, 11) is 0. The maximum Gasteiger partial charge on any atom is 0.303 e. The molecule has 2 aromatic rings. The van der Waals surface area contributed by atoms with Crippen LogP contribution in [0.1, 0.15) is 24.2 Å². The van der Waals surface area contributed by atoms with Crippen molar-refractivity contribution in [1.82, 2.24) is 20.2 Å². The molecule has 0 spiro atoms. The second-order valence-electron chi connectivity index (χ2n) is 4.12. The van der Waals surface area contributed by atoms with Crippen molar-refractivity contribution in [3.05, 3.63) is 40.7 Å². The minimum absolute atomic E-state index is 0.108. The fourth-order valence-corrected chi connectivity index (χ4v) is 1.95. The van der Waals surface area contributed by atoms with E-state index in [0.717, 1.165) is 5.56 Å². The molecular formula is C12H13ClN4O2. The number of benzene rings is 1. The van der Waals surface area contributed by atoms with Crippen LogP contribution < -0.4 is 0 Å². The molecule has 1 heterocycles. The van der Waals surface area contributed by atoms with Gasteiger partial charge in [-0.05, 0) is 34.5 Å². The third-order valence-corrected chi connectivity index (χ3v) is 2.85. The summed E-state index contributed by atoms with van der Waals surface area (Å²) in [5.74, 6) is -0.114. The quantitative estimate of drug-likeness (QED) is 0.872. The Kier molecular flexibility index (Phi) is 4.46. The first-order valence-corrected chi connectivity index (χ1v) is 6.24. The van der Waals surface area contributed by atoms with Gasteiger partial charge in [-0.1, -0.05) is 23.7 Å². The largest absolute Gasteiger partial charge is 0.481 e. The molecule has 6 nitrogen and oxygen atoms in total. The fraction of sp³-hybridized carbons (Fsp3) is 0.333. The molecule has 0 saturated heterocycles.